The summed E-state index contributed by atoms with van der Waals surface area (Å²) < 4.78 is 1.70. The number of aryl methyl sites for hydroxylation is 1. The van der Waals surface area contributed by atoms with Gasteiger partial charge in [0, 0.05) is 13.2 Å². The van der Waals surface area contributed by atoms with Crippen molar-refractivity contribution in [3.05, 3.63) is 18.0 Å². The number of rotatable bonds is 4. The van der Waals surface area contributed by atoms with Crippen molar-refractivity contribution < 1.29 is 4.79 Å². The molecule has 5 heteroatoms. The van der Waals surface area contributed by atoms with Gasteiger partial charge in [0.1, 0.15) is 0 Å². The highest BCUT2D eigenvalue weighted by Crippen LogP contribution is 1.99. The number of nitrogens with one attached hydrogen (secondary N) is 1. The molecule has 1 atom stereocenters. The highest BCUT2D eigenvalue weighted by Gasteiger charge is 2.16. The molecule has 15 heavy (non-hydrogen) atoms. The van der Waals surface area contributed by atoms with E-state index in [1.165, 1.54) is 0 Å². The number of amides is 1. The number of carbonyl (C=O) groups is 1. The summed E-state index contributed by atoms with van der Waals surface area (Å²) in [7, 11) is 1.84. The zero-order valence-corrected chi connectivity index (χ0v) is 9.40. The molecule has 0 saturated carbocycles. The molecule has 1 rings (SSSR count). The van der Waals surface area contributed by atoms with Gasteiger partial charge in [-0.25, -0.2) is 0 Å². The zero-order chi connectivity index (χ0) is 11.4. The van der Waals surface area contributed by atoms with Gasteiger partial charge in [-0.2, -0.15) is 5.10 Å². The maximum Gasteiger partial charge on any atom is 0.237 e. The summed E-state index contributed by atoms with van der Waals surface area (Å²) in [5.74, 6) is 0.0179. The van der Waals surface area contributed by atoms with Crippen molar-refractivity contribution >= 4 is 5.91 Å². The van der Waals surface area contributed by atoms with Crippen molar-refractivity contribution in [3.63, 3.8) is 0 Å². The molecule has 0 radical (unpaired) electrons. The van der Waals surface area contributed by atoms with E-state index in [1.54, 1.807) is 4.68 Å². The first-order chi connectivity index (χ1) is 7.00. The molecule has 0 spiro atoms. The van der Waals surface area contributed by atoms with Crippen molar-refractivity contribution in [2.45, 2.75) is 26.4 Å². The van der Waals surface area contributed by atoms with E-state index in [4.69, 9.17) is 5.73 Å². The average molecular weight is 210 g/mol. The molecule has 84 valence electrons. The van der Waals surface area contributed by atoms with Crippen LogP contribution in [0.1, 0.15) is 19.5 Å². The second-order valence-electron chi connectivity index (χ2n) is 3.97. The summed E-state index contributed by atoms with van der Waals surface area (Å²) in [6.07, 6.45) is 1.84. The van der Waals surface area contributed by atoms with Crippen molar-refractivity contribution in [1.29, 1.82) is 0 Å². The minimum atomic E-state index is -0.450. The molecular formula is C10H18N4O. The van der Waals surface area contributed by atoms with Crippen LogP contribution in [0.25, 0.3) is 0 Å². The van der Waals surface area contributed by atoms with Gasteiger partial charge in [-0.15, -0.1) is 0 Å². The van der Waals surface area contributed by atoms with Crippen LogP contribution >= 0.6 is 0 Å². The molecule has 0 fully saturated rings. The Balaban J connectivity index is 2.40. The standard InChI is InChI=1S/C10H18N4O/c1-7(2)9(11)10(15)12-6-8-4-5-14(3)13-8/h4-5,7,9H,6,11H2,1-3H3,(H,12,15). The Morgan fingerprint density at radius 3 is 2.80 bits per heavy atom. The summed E-state index contributed by atoms with van der Waals surface area (Å²) in [6.45, 7) is 4.27. The summed E-state index contributed by atoms with van der Waals surface area (Å²) in [5.41, 5.74) is 6.53. The van der Waals surface area contributed by atoms with E-state index in [0.717, 1.165) is 5.69 Å². The first-order valence-corrected chi connectivity index (χ1v) is 5.02. The van der Waals surface area contributed by atoms with Crippen LogP contribution in [0.5, 0.6) is 0 Å². The number of carbonyl (C=O) groups excluding carboxylic acids is 1. The average Bonchev–Trinajstić information content (AvgIpc) is 2.59. The van der Waals surface area contributed by atoms with Crippen LogP contribution in [-0.4, -0.2) is 21.7 Å². The molecule has 0 aromatic carbocycles. The normalized spacial score (nSPS) is 12.9. The van der Waals surface area contributed by atoms with Crippen molar-refractivity contribution in [2.24, 2.45) is 18.7 Å². The zero-order valence-electron chi connectivity index (χ0n) is 9.40. The van der Waals surface area contributed by atoms with Gasteiger partial charge in [-0.3, -0.25) is 9.48 Å². The topological polar surface area (TPSA) is 72.9 Å². The smallest absolute Gasteiger partial charge is 0.237 e. The lowest BCUT2D eigenvalue weighted by atomic mass is 10.1. The third kappa shape index (κ3) is 3.36. The Bertz CT molecular complexity index is 332. The lowest BCUT2D eigenvalue weighted by Crippen LogP contribution is -2.43. The summed E-state index contributed by atoms with van der Waals surface area (Å²) in [6, 6.07) is 1.41. The van der Waals surface area contributed by atoms with Crippen molar-refractivity contribution in [1.82, 2.24) is 15.1 Å². The SMILES string of the molecule is CC(C)C(N)C(=O)NCc1ccn(C)n1. The van der Waals surface area contributed by atoms with E-state index < -0.39 is 6.04 Å². The van der Waals surface area contributed by atoms with Gasteiger partial charge in [0.2, 0.25) is 5.91 Å². The Labute approximate surface area is 89.6 Å². The van der Waals surface area contributed by atoms with Crippen LogP contribution in [0.3, 0.4) is 0 Å². The van der Waals surface area contributed by atoms with Gasteiger partial charge in [0.05, 0.1) is 18.3 Å². The summed E-state index contributed by atoms with van der Waals surface area (Å²) in [5, 5.41) is 6.90. The molecule has 1 aromatic rings. The fourth-order valence-corrected chi connectivity index (χ4v) is 1.16. The van der Waals surface area contributed by atoms with Crippen LogP contribution in [0, 0.1) is 5.92 Å². The lowest BCUT2D eigenvalue weighted by molar-refractivity contribution is -0.123. The molecular weight excluding hydrogens is 192 g/mol. The van der Waals surface area contributed by atoms with E-state index >= 15 is 0 Å². The fourth-order valence-electron chi connectivity index (χ4n) is 1.16. The molecule has 0 aliphatic rings. The van der Waals surface area contributed by atoms with Gasteiger partial charge >= 0.3 is 0 Å². The second kappa shape index (κ2) is 4.93. The maximum atomic E-state index is 11.5. The molecule has 1 aromatic heterocycles. The lowest BCUT2D eigenvalue weighted by Gasteiger charge is -2.14. The predicted octanol–water partition coefficient (Wildman–Crippen LogP) is 0.0196. The van der Waals surface area contributed by atoms with Gasteiger partial charge < -0.3 is 11.1 Å². The number of hydrogen-bond acceptors (Lipinski definition) is 3. The fraction of sp³-hybridized carbons (Fsp3) is 0.600. The van der Waals surface area contributed by atoms with Crippen LogP contribution < -0.4 is 11.1 Å². The minimum absolute atomic E-state index is 0.129. The summed E-state index contributed by atoms with van der Waals surface area (Å²) in [4.78, 5) is 11.5. The Hall–Kier alpha value is -1.36. The molecule has 0 aliphatic heterocycles. The van der Waals surface area contributed by atoms with Crippen LogP contribution in [0.15, 0.2) is 12.3 Å². The Morgan fingerprint density at radius 2 is 2.33 bits per heavy atom. The second-order valence-corrected chi connectivity index (χ2v) is 3.97. The van der Waals surface area contributed by atoms with Crippen molar-refractivity contribution in [2.75, 3.05) is 0 Å². The molecule has 1 amide bonds. The molecule has 3 N–H and O–H groups in total. The first-order valence-electron chi connectivity index (χ1n) is 5.02. The molecule has 0 saturated heterocycles. The molecule has 1 heterocycles. The number of aromatic nitrogens is 2. The maximum absolute atomic E-state index is 11.5. The first kappa shape index (κ1) is 11.7. The van der Waals surface area contributed by atoms with Crippen LogP contribution in [0.4, 0.5) is 0 Å². The Morgan fingerprint density at radius 1 is 1.67 bits per heavy atom. The highest BCUT2D eigenvalue weighted by molar-refractivity contribution is 5.81. The molecule has 0 aliphatic carbocycles. The van der Waals surface area contributed by atoms with E-state index in [-0.39, 0.29) is 11.8 Å². The van der Waals surface area contributed by atoms with E-state index in [2.05, 4.69) is 10.4 Å². The highest BCUT2D eigenvalue weighted by atomic mass is 16.2. The van der Waals surface area contributed by atoms with E-state index in [9.17, 15) is 4.79 Å². The molecule has 0 bridgehead atoms. The third-order valence-electron chi connectivity index (χ3n) is 2.23. The molecule has 5 nitrogen and oxygen atoms in total. The van der Waals surface area contributed by atoms with E-state index in [0.29, 0.717) is 6.54 Å². The number of nitrogens with two attached hydrogens (primary N) is 1. The van der Waals surface area contributed by atoms with E-state index in [1.807, 2.05) is 33.2 Å². The Kier molecular flexibility index (Phi) is 3.85. The van der Waals surface area contributed by atoms with Crippen molar-refractivity contribution in [3.8, 4) is 0 Å². The summed E-state index contributed by atoms with van der Waals surface area (Å²) >= 11 is 0. The predicted molar refractivity (Wildman–Crippen MR) is 57.9 cm³/mol. The van der Waals surface area contributed by atoms with Gasteiger partial charge in [0.15, 0.2) is 0 Å². The van der Waals surface area contributed by atoms with Gasteiger partial charge in [0.25, 0.3) is 0 Å². The quantitative estimate of drug-likeness (QED) is 0.735. The van der Waals surface area contributed by atoms with Gasteiger partial charge in [-0.1, -0.05) is 13.8 Å². The number of hydrogen-bond donors (Lipinski definition) is 2. The molecule has 1 unspecified atom stereocenters. The third-order valence-corrected chi connectivity index (χ3v) is 2.23. The number of nitrogens with zero attached hydrogens (tertiary/aromatic N) is 2. The van der Waals surface area contributed by atoms with Gasteiger partial charge in [-0.05, 0) is 12.0 Å². The monoisotopic (exact) mass is 210 g/mol. The van der Waals surface area contributed by atoms with Crippen LogP contribution in [0.2, 0.25) is 0 Å². The largest absolute Gasteiger partial charge is 0.349 e. The minimum Gasteiger partial charge on any atom is -0.349 e. The van der Waals surface area contributed by atoms with Crippen LogP contribution in [-0.2, 0) is 18.4 Å².